The summed E-state index contributed by atoms with van der Waals surface area (Å²) in [6.45, 7) is 4.13. The molecule has 0 radical (unpaired) electrons. The molecule has 1 aromatic heterocycles. The van der Waals surface area contributed by atoms with Crippen LogP contribution in [0.25, 0.3) is 0 Å². The molecule has 1 N–H and O–H groups in total. The van der Waals surface area contributed by atoms with E-state index in [1.807, 2.05) is 17.7 Å². The van der Waals surface area contributed by atoms with Gasteiger partial charge in [0.15, 0.2) is 0 Å². The molecule has 4 nitrogen and oxygen atoms in total. The Morgan fingerprint density at radius 3 is 2.93 bits per heavy atom. The van der Waals surface area contributed by atoms with Gasteiger partial charge in [0.25, 0.3) is 0 Å². The summed E-state index contributed by atoms with van der Waals surface area (Å²) in [5, 5.41) is 10.4. The number of ether oxygens (including phenoxy) is 1. The smallest absolute Gasteiger partial charge is 0.140 e. The average molecular weight is 196 g/mol. The molecule has 2 heterocycles. The normalized spacial score (nSPS) is 21.0. The zero-order valence-electron chi connectivity index (χ0n) is 8.44. The van der Waals surface area contributed by atoms with Gasteiger partial charge in [-0.15, -0.1) is 0 Å². The van der Waals surface area contributed by atoms with Crippen LogP contribution in [-0.2, 0) is 16.9 Å². The van der Waals surface area contributed by atoms with Crippen molar-refractivity contribution < 1.29 is 9.84 Å². The van der Waals surface area contributed by atoms with Crippen molar-refractivity contribution in [3.05, 3.63) is 18.2 Å². The first-order valence-electron chi connectivity index (χ1n) is 5.08. The second kappa shape index (κ2) is 3.71. The lowest BCUT2D eigenvalue weighted by atomic mass is 9.93. The van der Waals surface area contributed by atoms with Crippen LogP contribution in [0.2, 0.25) is 0 Å². The van der Waals surface area contributed by atoms with E-state index in [-0.39, 0.29) is 0 Å². The molecule has 0 bridgehead atoms. The lowest BCUT2D eigenvalue weighted by Gasteiger charge is -2.31. The van der Waals surface area contributed by atoms with Gasteiger partial charge in [-0.2, -0.15) is 0 Å². The highest BCUT2D eigenvalue weighted by molar-refractivity contribution is 5.06. The van der Waals surface area contributed by atoms with Crippen molar-refractivity contribution in [3.63, 3.8) is 0 Å². The first-order chi connectivity index (χ1) is 6.76. The number of aromatic nitrogens is 2. The van der Waals surface area contributed by atoms with E-state index in [1.165, 1.54) is 0 Å². The molecule has 0 spiro atoms. The zero-order valence-corrected chi connectivity index (χ0v) is 8.44. The van der Waals surface area contributed by atoms with E-state index in [0.717, 1.165) is 12.4 Å². The van der Waals surface area contributed by atoms with Crippen molar-refractivity contribution in [1.29, 1.82) is 0 Å². The highest BCUT2D eigenvalue weighted by Gasteiger charge is 2.35. The monoisotopic (exact) mass is 196 g/mol. The molecule has 2 rings (SSSR count). The molecule has 1 saturated heterocycles. The molecule has 0 amide bonds. The third kappa shape index (κ3) is 1.55. The zero-order chi connectivity index (χ0) is 10.0. The number of nitrogens with zero attached hydrogens (tertiary/aromatic N) is 2. The molecule has 14 heavy (non-hydrogen) atoms. The summed E-state index contributed by atoms with van der Waals surface area (Å²) in [5.74, 6) is 0.781. The Bertz CT molecular complexity index is 303. The van der Waals surface area contributed by atoms with E-state index in [0.29, 0.717) is 26.1 Å². The second-order valence-corrected chi connectivity index (χ2v) is 3.68. The summed E-state index contributed by atoms with van der Waals surface area (Å²) >= 11 is 0. The van der Waals surface area contributed by atoms with Crippen LogP contribution in [0.15, 0.2) is 12.4 Å². The SMILES string of the molecule is CCn1ccnc1C1(O)CCOCC1. The van der Waals surface area contributed by atoms with Crippen LogP contribution in [0.3, 0.4) is 0 Å². The molecule has 0 aromatic carbocycles. The van der Waals surface area contributed by atoms with Crippen molar-refractivity contribution in [2.45, 2.75) is 31.9 Å². The van der Waals surface area contributed by atoms with Gasteiger partial charge in [-0.3, -0.25) is 0 Å². The van der Waals surface area contributed by atoms with E-state index in [4.69, 9.17) is 4.74 Å². The van der Waals surface area contributed by atoms with Gasteiger partial charge in [0.2, 0.25) is 0 Å². The standard InChI is InChI=1S/C10H16N2O2/c1-2-12-6-5-11-9(12)10(13)3-7-14-8-4-10/h5-6,13H,2-4,7-8H2,1H3. The maximum atomic E-state index is 10.4. The number of hydrogen-bond acceptors (Lipinski definition) is 3. The number of imidazole rings is 1. The van der Waals surface area contributed by atoms with E-state index >= 15 is 0 Å². The maximum absolute atomic E-state index is 10.4. The lowest BCUT2D eigenvalue weighted by Crippen LogP contribution is -2.36. The van der Waals surface area contributed by atoms with Crippen LogP contribution in [-0.4, -0.2) is 27.9 Å². The Morgan fingerprint density at radius 2 is 2.29 bits per heavy atom. The summed E-state index contributed by atoms with van der Waals surface area (Å²) in [5.41, 5.74) is -0.780. The molecule has 0 saturated carbocycles. The molecular weight excluding hydrogens is 180 g/mol. The quantitative estimate of drug-likeness (QED) is 0.764. The van der Waals surface area contributed by atoms with Gasteiger partial charge in [-0.1, -0.05) is 0 Å². The molecule has 0 unspecified atom stereocenters. The number of aliphatic hydroxyl groups is 1. The van der Waals surface area contributed by atoms with Gasteiger partial charge in [-0.25, -0.2) is 4.98 Å². The van der Waals surface area contributed by atoms with Crippen LogP contribution in [0.5, 0.6) is 0 Å². The maximum Gasteiger partial charge on any atom is 0.140 e. The van der Waals surface area contributed by atoms with Crippen molar-refractivity contribution in [2.24, 2.45) is 0 Å². The fourth-order valence-corrected chi connectivity index (χ4v) is 1.90. The van der Waals surface area contributed by atoms with Gasteiger partial charge in [0.05, 0.1) is 0 Å². The molecule has 1 fully saturated rings. The first-order valence-corrected chi connectivity index (χ1v) is 5.08. The van der Waals surface area contributed by atoms with E-state index in [9.17, 15) is 5.11 Å². The molecule has 78 valence electrons. The largest absolute Gasteiger partial charge is 0.382 e. The van der Waals surface area contributed by atoms with E-state index in [2.05, 4.69) is 4.98 Å². The minimum atomic E-state index is -0.780. The fourth-order valence-electron chi connectivity index (χ4n) is 1.90. The topological polar surface area (TPSA) is 47.3 Å². The predicted octanol–water partition coefficient (Wildman–Crippen LogP) is 0.901. The molecule has 1 aromatic rings. The third-order valence-electron chi connectivity index (χ3n) is 2.79. The van der Waals surface area contributed by atoms with Crippen LogP contribution in [0, 0.1) is 0 Å². The van der Waals surface area contributed by atoms with Gasteiger partial charge in [-0.05, 0) is 6.92 Å². The Balaban J connectivity index is 2.27. The van der Waals surface area contributed by atoms with Crippen LogP contribution >= 0.6 is 0 Å². The van der Waals surface area contributed by atoms with Gasteiger partial charge in [0.1, 0.15) is 11.4 Å². The summed E-state index contributed by atoms with van der Waals surface area (Å²) in [6, 6.07) is 0. The summed E-state index contributed by atoms with van der Waals surface area (Å²) < 4.78 is 7.23. The van der Waals surface area contributed by atoms with Gasteiger partial charge in [0, 0.05) is 45.0 Å². The third-order valence-corrected chi connectivity index (χ3v) is 2.79. The highest BCUT2D eigenvalue weighted by Crippen LogP contribution is 2.30. The summed E-state index contributed by atoms with van der Waals surface area (Å²) in [6.07, 6.45) is 4.93. The Hall–Kier alpha value is -0.870. The van der Waals surface area contributed by atoms with Crippen molar-refractivity contribution >= 4 is 0 Å². The Labute approximate surface area is 83.5 Å². The van der Waals surface area contributed by atoms with Crippen molar-refractivity contribution in [2.75, 3.05) is 13.2 Å². The minimum Gasteiger partial charge on any atom is -0.382 e. The molecule has 1 aliphatic heterocycles. The average Bonchev–Trinajstić information content (AvgIpc) is 2.67. The van der Waals surface area contributed by atoms with Gasteiger partial charge >= 0.3 is 0 Å². The number of aryl methyl sites for hydroxylation is 1. The molecule has 0 atom stereocenters. The van der Waals surface area contributed by atoms with Crippen molar-refractivity contribution in [1.82, 2.24) is 9.55 Å². The Kier molecular flexibility index (Phi) is 2.56. The summed E-state index contributed by atoms with van der Waals surface area (Å²) in [7, 11) is 0. The first kappa shape index (κ1) is 9.68. The minimum absolute atomic E-state index is 0.618. The predicted molar refractivity (Wildman–Crippen MR) is 51.9 cm³/mol. The lowest BCUT2D eigenvalue weighted by molar-refractivity contribution is -0.0751. The Morgan fingerprint density at radius 1 is 1.57 bits per heavy atom. The fraction of sp³-hybridized carbons (Fsp3) is 0.700. The highest BCUT2D eigenvalue weighted by atomic mass is 16.5. The van der Waals surface area contributed by atoms with Crippen molar-refractivity contribution in [3.8, 4) is 0 Å². The van der Waals surface area contributed by atoms with Crippen LogP contribution < -0.4 is 0 Å². The molecule has 1 aliphatic rings. The van der Waals surface area contributed by atoms with Crippen LogP contribution in [0.1, 0.15) is 25.6 Å². The van der Waals surface area contributed by atoms with E-state index in [1.54, 1.807) is 6.20 Å². The number of rotatable bonds is 2. The number of hydrogen-bond donors (Lipinski definition) is 1. The molecular formula is C10H16N2O2. The molecule has 4 heteroatoms. The van der Waals surface area contributed by atoms with E-state index < -0.39 is 5.60 Å². The second-order valence-electron chi connectivity index (χ2n) is 3.68. The summed E-state index contributed by atoms with van der Waals surface area (Å²) in [4.78, 5) is 4.24. The van der Waals surface area contributed by atoms with Gasteiger partial charge < -0.3 is 14.4 Å². The van der Waals surface area contributed by atoms with Crippen LogP contribution in [0.4, 0.5) is 0 Å². The molecule has 0 aliphatic carbocycles.